The molecule has 5 nitrogen and oxygen atoms in total. The van der Waals surface area contributed by atoms with Crippen molar-refractivity contribution < 1.29 is 9.18 Å². The Bertz CT molecular complexity index is 512. The average molecular weight is 278 g/mol. The average Bonchev–Trinajstić information content (AvgIpc) is 2.41. The van der Waals surface area contributed by atoms with E-state index in [2.05, 4.69) is 11.4 Å². The molecule has 0 saturated heterocycles. The van der Waals surface area contributed by atoms with Crippen molar-refractivity contribution in [3.05, 3.63) is 24.0 Å². The predicted molar refractivity (Wildman–Crippen MR) is 76.3 cm³/mol. The lowest BCUT2D eigenvalue weighted by molar-refractivity contribution is -0.117. The van der Waals surface area contributed by atoms with E-state index in [0.717, 1.165) is 6.07 Å². The third-order valence-corrected chi connectivity index (χ3v) is 2.85. The summed E-state index contributed by atoms with van der Waals surface area (Å²) in [7, 11) is 0. The van der Waals surface area contributed by atoms with E-state index in [9.17, 15) is 9.18 Å². The predicted octanol–water partition coefficient (Wildman–Crippen LogP) is 1.83. The molecule has 0 aromatic heterocycles. The largest absolute Gasteiger partial charge is 0.397 e. The first-order valence-corrected chi connectivity index (χ1v) is 6.43. The first-order chi connectivity index (χ1) is 9.46. The van der Waals surface area contributed by atoms with Crippen molar-refractivity contribution in [2.75, 3.05) is 30.7 Å². The molecule has 0 spiro atoms. The number of rotatable bonds is 6. The van der Waals surface area contributed by atoms with E-state index in [4.69, 9.17) is 11.0 Å². The first kappa shape index (κ1) is 15.9. The summed E-state index contributed by atoms with van der Waals surface area (Å²) < 4.78 is 12.9. The summed E-state index contributed by atoms with van der Waals surface area (Å²) in [4.78, 5) is 13.8. The van der Waals surface area contributed by atoms with Gasteiger partial charge in [0.25, 0.3) is 0 Å². The number of nitrogens with zero attached hydrogens (tertiary/aromatic N) is 2. The SMILES string of the molecule is CCN(CC(=O)Nc1ccc(F)cc1N)CC(C)C#N. The van der Waals surface area contributed by atoms with Crippen molar-refractivity contribution in [2.45, 2.75) is 13.8 Å². The molecule has 1 unspecified atom stereocenters. The minimum absolute atomic E-state index is 0.140. The fourth-order valence-corrected chi connectivity index (χ4v) is 1.77. The lowest BCUT2D eigenvalue weighted by Gasteiger charge is -2.21. The normalized spacial score (nSPS) is 11.9. The summed E-state index contributed by atoms with van der Waals surface area (Å²) in [6.45, 7) is 5.08. The van der Waals surface area contributed by atoms with Crippen molar-refractivity contribution in [2.24, 2.45) is 5.92 Å². The number of hydrogen-bond donors (Lipinski definition) is 2. The smallest absolute Gasteiger partial charge is 0.238 e. The van der Waals surface area contributed by atoms with Crippen LogP contribution >= 0.6 is 0 Å². The van der Waals surface area contributed by atoms with Gasteiger partial charge >= 0.3 is 0 Å². The van der Waals surface area contributed by atoms with Crippen LogP contribution in [0, 0.1) is 23.1 Å². The van der Waals surface area contributed by atoms with E-state index in [1.54, 1.807) is 6.92 Å². The Morgan fingerprint density at radius 3 is 2.85 bits per heavy atom. The van der Waals surface area contributed by atoms with Gasteiger partial charge in [-0.15, -0.1) is 0 Å². The Hall–Kier alpha value is -2.13. The van der Waals surface area contributed by atoms with Crippen LogP contribution in [0.25, 0.3) is 0 Å². The topological polar surface area (TPSA) is 82.2 Å². The van der Waals surface area contributed by atoms with Crippen molar-refractivity contribution in [3.63, 3.8) is 0 Å². The molecule has 0 fully saturated rings. The maximum absolute atomic E-state index is 12.9. The Kier molecular flexibility index (Phi) is 5.94. The Morgan fingerprint density at radius 2 is 2.30 bits per heavy atom. The van der Waals surface area contributed by atoms with Gasteiger partial charge in [-0.1, -0.05) is 6.92 Å². The Morgan fingerprint density at radius 1 is 1.60 bits per heavy atom. The summed E-state index contributed by atoms with van der Waals surface area (Å²) >= 11 is 0. The zero-order valence-electron chi connectivity index (χ0n) is 11.7. The quantitative estimate of drug-likeness (QED) is 0.778. The molecule has 108 valence electrons. The van der Waals surface area contributed by atoms with Gasteiger partial charge in [0.05, 0.1) is 29.9 Å². The second-order valence-electron chi connectivity index (χ2n) is 4.64. The molecule has 0 radical (unpaired) electrons. The first-order valence-electron chi connectivity index (χ1n) is 6.43. The summed E-state index contributed by atoms with van der Waals surface area (Å²) in [6, 6.07) is 5.96. The molecule has 1 aromatic carbocycles. The Balaban J connectivity index is 2.60. The summed E-state index contributed by atoms with van der Waals surface area (Å²) in [6.07, 6.45) is 0. The number of nitriles is 1. The van der Waals surface area contributed by atoms with Gasteiger partial charge in [-0.25, -0.2) is 4.39 Å². The lowest BCUT2D eigenvalue weighted by atomic mass is 10.2. The minimum Gasteiger partial charge on any atom is -0.397 e. The van der Waals surface area contributed by atoms with Crippen LogP contribution in [0.4, 0.5) is 15.8 Å². The summed E-state index contributed by atoms with van der Waals surface area (Å²) in [5.41, 5.74) is 6.20. The van der Waals surface area contributed by atoms with Crippen LogP contribution in [-0.4, -0.2) is 30.4 Å². The molecule has 0 bridgehead atoms. The number of nitrogen functional groups attached to an aromatic ring is 1. The molecule has 1 aromatic rings. The van der Waals surface area contributed by atoms with Gasteiger partial charge in [0, 0.05) is 6.54 Å². The van der Waals surface area contributed by atoms with Crippen LogP contribution in [0.5, 0.6) is 0 Å². The van der Waals surface area contributed by atoms with Crippen LogP contribution in [0.1, 0.15) is 13.8 Å². The Labute approximate surface area is 118 Å². The van der Waals surface area contributed by atoms with Gasteiger partial charge in [-0.3, -0.25) is 9.69 Å². The van der Waals surface area contributed by atoms with Crippen molar-refractivity contribution in [3.8, 4) is 6.07 Å². The van der Waals surface area contributed by atoms with Crippen LogP contribution in [-0.2, 0) is 4.79 Å². The van der Waals surface area contributed by atoms with Gasteiger partial charge in [-0.2, -0.15) is 5.26 Å². The lowest BCUT2D eigenvalue weighted by Crippen LogP contribution is -2.35. The molecule has 0 saturated carbocycles. The molecule has 6 heteroatoms. The molecule has 0 aliphatic carbocycles. The number of amides is 1. The number of carbonyl (C=O) groups is 1. The van der Waals surface area contributed by atoms with E-state index >= 15 is 0 Å². The molecule has 3 N–H and O–H groups in total. The van der Waals surface area contributed by atoms with Gasteiger partial charge in [0.15, 0.2) is 0 Å². The number of halogens is 1. The van der Waals surface area contributed by atoms with E-state index in [1.165, 1.54) is 12.1 Å². The number of nitrogens with two attached hydrogens (primary N) is 1. The monoisotopic (exact) mass is 278 g/mol. The number of hydrogen-bond acceptors (Lipinski definition) is 4. The van der Waals surface area contributed by atoms with E-state index in [-0.39, 0.29) is 24.1 Å². The zero-order chi connectivity index (χ0) is 15.1. The number of likely N-dealkylation sites (N-methyl/N-ethyl adjacent to an activating group) is 1. The molecule has 20 heavy (non-hydrogen) atoms. The van der Waals surface area contributed by atoms with Crippen molar-refractivity contribution in [1.29, 1.82) is 5.26 Å². The van der Waals surface area contributed by atoms with Crippen molar-refractivity contribution in [1.82, 2.24) is 4.90 Å². The van der Waals surface area contributed by atoms with Gasteiger partial charge in [0.1, 0.15) is 5.82 Å². The maximum Gasteiger partial charge on any atom is 0.238 e. The van der Waals surface area contributed by atoms with E-state index in [1.807, 2.05) is 11.8 Å². The molecule has 0 aliphatic rings. The molecule has 0 aliphatic heterocycles. The molecular formula is C14H19FN4O. The zero-order valence-corrected chi connectivity index (χ0v) is 11.7. The minimum atomic E-state index is -0.446. The number of benzene rings is 1. The molecular weight excluding hydrogens is 259 g/mol. The van der Waals surface area contributed by atoms with Gasteiger partial charge < -0.3 is 11.1 Å². The number of nitrogens with one attached hydrogen (secondary N) is 1. The van der Waals surface area contributed by atoms with Crippen LogP contribution in [0.3, 0.4) is 0 Å². The van der Waals surface area contributed by atoms with E-state index in [0.29, 0.717) is 18.8 Å². The molecule has 1 atom stereocenters. The second-order valence-corrected chi connectivity index (χ2v) is 4.64. The third kappa shape index (κ3) is 4.86. The number of anilines is 2. The second kappa shape index (κ2) is 7.46. The highest BCUT2D eigenvalue weighted by atomic mass is 19.1. The maximum atomic E-state index is 12.9. The highest BCUT2D eigenvalue weighted by Crippen LogP contribution is 2.18. The van der Waals surface area contributed by atoms with Gasteiger partial charge in [-0.05, 0) is 31.7 Å². The highest BCUT2D eigenvalue weighted by molar-refractivity contribution is 5.95. The molecule has 1 amide bonds. The van der Waals surface area contributed by atoms with Crippen molar-refractivity contribution >= 4 is 17.3 Å². The summed E-state index contributed by atoms with van der Waals surface area (Å²) in [5.74, 6) is -0.826. The number of carbonyl (C=O) groups excluding carboxylic acids is 1. The highest BCUT2D eigenvalue weighted by Gasteiger charge is 2.13. The van der Waals surface area contributed by atoms with E-state index < -0.39 is 5.82 Å². The van der Waals surface area contributed by atoms with Crippen LogP contribution in [0.2, 0.25) is 0 Å². The van der Waals surface area contributed by atoms with Crippen LogP contribution < -0.4 is 11.1 Å². The van der Waals surface area contributed by atoms with Crippen LogP contribution in [0.15, 0.2) is 18.2 Å². The molecule has 1 rings (SSSR count). The fourth-order valence-electron chi connectivity index (χ4n) is 1.77. The fraction of sp³-hybridized carbons (Fsp3) is 0.429. The third-order valence-electron chi connectivity index (χ3n) is 2.85. The summed E-state index contributed by atoms with van der Waals surface area (Å²) in [5, 5.41) is 11.4. The van der Waals surface area contributed by atoms with Gasteiger partial charge in [0.2, 0.25) is 5.91 Å². The molecule has 0 heterocycles. The standard InChI is InChI=1S/C14H19FN4O/c1-3-19(8-10(2)7-16)9-14(20)18-13-5-4-11(15)6-12(13)17/h4-6,10H,3,8-9,17H2,1-2H3,(H,18,20).